The zero-order valence-corrected chi connectivity index (χ0v) is 12.5. The lowest BCUT2D eigenvalue weighted by Crippen LogP contribution is -2.13. The van der Waals surface area contributed by atoms with Gasteiger partial charge in [0.2, 0.25) is 0 Å². The molecule has 5 nitrogen and oxygen atoms in total. The van der Waals surface area contributed by atoms with Gasteiger partial charge in [0.1, 0.15) is 4.60 Å². The molecule has 0 saturated carbocycles. The van der Waals surface area contributed by atoms with Crippen LogP contribution in [0.3, 0.4) is 0 Å². The first kappa shape index (κ1) is 13.5. The quantitative estimate of drug-likeness (QED) is 0.743. The number of nitrogens with one attached hydrogen (secondary N) is 1. The Morgan fingerprint density at radius 1 is 1.19 bits per heavy atom. The molecule has 3 aromatic rings. The van der Waals surface area contributed by atoms with Crippen LogP contribution in [-0.2, 0) is 0 Å². The molecule has 0 unspecified atom stereocenters. The highest BCUT2D eigenvalue weighted by atomic mass is 79.9. The lowest BCUT2D eigenvalue weighted by Gasteiger charge is -2.11. The van der Waals surface area contributed by atoms with Gasteiger partial charge in [0, 0.05) is 18.6 Å². The summed E-state index contributed by atoms with van der Waals surface area (Å²) < 4.78 is 2.54. The molecule has 1 amide bonds. The predicted molar refractivity (Wildman–Crippen MR) is 83.5 cm³/mol. The van der Waals surface area contributed by atoms with Crippen LogP contribution in [0.15, 0.2) is 65.9 Å². The van der Waals surface area contributed by atoms with E-state index in [1.165, 1.54) is 6.20 Å². The third-order valence-corrected chi connectivity index (χ3v) is 3.39. The van der Waals surface area contributed by atoms with Gasteiger partial charge in [-0.15, -0.1) is 0 Å². The fourth-order valence-corrected chi connectivity index (χ4v) is 2.15. The molecule has 1 aromatic carbocycles. The Morgan fingerprint density at radius 3 is 2.76 bits per heavy atom. The fourth-order valence-electron chi connectivity index (χ4n) is 1.91. The van der Waals surface area contributed by atoms with E-state index in [4.69, 9.17) is 0 Å². The van der Waals surface area contributed by atoms with Gasteiger partial charge in [-0.2, -0.15) is 0 Å². The fraction of sp³-hybridized carbons (Fsp3) is 0. The molecule has 2 aromatic heterocycles. The summed E-state index contributed by atoms with van der Waals surface area (Å²) in [7, 11) is 0. The molecule has 0 radical (unpaired) electrons. The molecule has 0 aliphatic rings. The Balaban J connectivity index is 1.88. The van der Waals surface area contributed by atoms with Gasteiger partial charge in [0.15, 0.2) is 0 Å². The maximum Gasteiger partial charge on any atom is 0.257 e. The summed E-state index contributed by atoms with van der Waals surface area (Å²) in [5, 5.41) is 2.89. The van der Waals surface area contributed by atoms with Gasteiger partial charge in [-0.3, -0.25) is 4.79 Å². The largest absolute Gasteiger partial charge is 0.320 e. The predicted octanol–water partition coefficient (Wildman–Crippen LogP) is 3.28. The van der Waals surface area contributed by atoms with E-state index in [2.05, 4.69) is 31.2 Å². The summed E-state index contributed by atoms with van der Waals surface area (Å²) in [4.78, 5) is 20.3. The molecule has 0 spiro atoms. The molecule has 0 bridgehead atoms. The van der Waals surface area contributed by atoms with Crippen LogP contribution in [0, 0.1) is 0 Å². The summed E-state index contributed by atoms with van der Waals surface area (Å²) in [6.45, 7) is 0. The molecule has 0 aliphatic carbocycles. The van der Waals surface area contributed by atoms with Crippen LogP contribution in [0.25, 0.3) is 5.69 Å². The molecule has 104 valence electrons. The Bertz CT molecular complexity index is 754. The van der Waals surface area contributed by atoms with E-state index in [0.717, 1.165) is 5.69 Å². The van der Waals surface area contributed by atoms with Gasteiger partial charge in [-0.25, -0.2) is 9.97 Å². The summed E-state index contributed by atoms with van der Waals surface area (Å²) >= 11 is 3.25. The minimum absolute atomic E-state index is 0.206. The Kier molecular flexibility index (Phi) is 3.79. The number of carbonyl (C=O) groups is 1. The highest BCUT2D eigenvalue weighted by Gasteiger charge is 2.10. The van der Waals surface area contributed by atoms with E-state index in [1.807, 2.05) is 35.0 Å². The number of rotatable bonds is 3. The third kappa shape index (κ3) is 3.00. The highest BCUT2D eigenvalue weighted by molar-refractivity contribution is 9.10. The SMILES string of the molecule is O=C(Nc1ccccc1-n1ccnc1)c1ccc(Br)nc1. The average Bonchev–Trinajstić information content (AvgIpc) is 3.02. The van der Waals surface area contributed by atoms with Gasteiger partial charge in [-0.1, -0.05) is 12.1 Å². The van der Waals surface area contributed by atoms with E-state index in [9.17, 15) is 4.79 Å². The first-order valence-electron chi connectivity index (χ1n) is 6.24. The van der Waals surface area contributed by atoms with Gasteiger partial charge in [0.05, 0.1) is 23.3 Å². The van der Waals surface area contributed by atoms with E-state index >= 15 is 0 Å². The first-order chi connectivity index (χ1) is 10.2. The van der Waals surface area contributed by atoms with Crippen molar-refractivity contribution in [1.29, 1.82) is 0 Å². The lowest BCUT2D eigenvalue weighted by molar-refractivity contribution is 0.102. The van der Waals surface area contributed by atoms with Crippen LogP contribution in [0.5, 0.6) is 0 Å². The number of benzene rings is 1. The van der Waals surface area contributed by atoms with Crippen molar-refractivity contribution < 1.29 is 4.79 Å². The number of anilines is 1. The number of halogens is 1. The molecule has 0 atom stereocenters. The second-order valence-electron chi connectivity index (χ2n) is 4.31. The molecule has 0 fully saturated rings. The second kappa shape index (κ2) is 5.88. The van der Waals surface area contributed by atoms with Crippen molar-refractivity contribution in [3.8, 4) is 5.69 Å². The minimum Gasteiger partial charge on any atom is -0.320 e. The number of carbonyl (C=O) groups excluding carboxylic acids is 1. The summed E-state index contributed by atoms with van der Waals surface area (Å²) in [5.41, 5.74) is 2.07. The molecule has 2 heterocycles. The zero-order valence-electron chi connectivity index (χ0n) is 10.9. The van der Waals surface area contributed by atoms with E-state index in [0.29, 0.717) is 15.9 Å². The van der Waals surface area contributed by atoms with Crippen molar-refractivity contribution >= 4 is 27.5 Å². The molecule has 6 heteroatoms. The molecule has 21 heavy (non-hydrogen) atoms. The number of amides is 1. The van der Waals surface area contributed by atoms with Crippen molar-refractivity contribution in [2.45, 2.75) is 0 Å². The third-order valence-electron chi connectivity index (χ3n) is 2.92. The monoisotopic (exact) mass is 342 g/mol. The van der Waals surface area contributed by atoms with E-state index < -0.39 is 0 Å². The van der Waals surface area contributed by atoms with E-state index in [-0.39, 0.29) is 5.91 Å². The second-order valence-corrected chi connectivity index (χ2v) is 5.12. The Morgan fingerprint density at radius 2 is 2.05 bits per heavy atom. The zero-order chi connectivity index (χ0) is 14.7. The summed E-state index contributed by atoms with van der Waals surface area (Å²) in [6, 6.07) is 11.0. The average molecular weight is 343 g/mol. The number of nitrogens with zero attached hydrogens (tertiary/aromatic N) is 3. The number of para-hydroxylation sites is 2. The molecule has 0 saturated heterocycles. The minimum atomic E-state index is -0.206. The maximum absolute atomic E-state index is 12.3. The maximum atomic E-state index is 12.3. The van der Waals surface area contributed by atoms with Crippen molar-refractivity contribution in [2.24, 2.45) is 0 Å². The van der Waals surface area contributed by atoms with Crippen molar-refractivity contribution in [1.82, 2.24) is 14.5 Å². The number of aromatic nitrogens is 3. The van der Waals surface area contributed by atoms with Crippen molar-refractivity contribution in [2.75, 3.05) is 5.32 Å². The number of imidazole rings is 1. The van der Waals surface area contributed by atoms with Crippen molar-refractivity contribution in [3.63, 3.8) is 0 Å². The van der Waals surface area contributed by atoms with Crippen LogP contribution < -0.4 is 5.32 Å². The van der Waals surface area contributed by atoms with Crippen LogP contribution >= 0.6 is 15.9 Å². The summed E-state index contributed by atoms with van der Waals surface area (Å²) in [5.74, 6) is -0.206. The van der Waals surface area contributed by atoms with Gasteiger partial charge < -0.3 is 9.88 Å². The van der Waals surface area contributed by atoms with Gasteiger partial charge in [-0.05, 0) is 40.2 Å². The molecular formula is C15H11BrN4O. The Labute approximate surface area is 129 Å². The number of pyridine rings is 1. The number of hydrogen-bond donors (Lipinski definition) is 1. The van der Waals surface area contributed by atoms with Crippen LogP contribution in [0.1, 0.15) is 10.4 Å². The Hall–Kier alpha value is -2.47. The smallest absolute Gasteiger partial charge is 0.257 e. The standard InChI is InChI=1S/C15H11BrN4O/c16-14-6-5-11(9-18-14)15(21)19-12-3-1-2-4-13(12)20-8-7-17-10-20/h1-10H,(H,19,21). The van der Waals surface area contributed by atoms with Gasteiger partial charge >= 0.3 is 0 Å². The molecular weight excluding hydrogens is 332 g/mol. The highest BCUT2D eigenvalue weighted by Crippen LogP contribution is 2.20. The summed E-state index contributed by atoms with van der Waals surface area (Å²) in [6.07, 6.45) is 6.73. The molecule has 1 N–H and O–H groups in total. The first-order valence-corrected chi connectivity index (χ1v) is 7.03. The topological polar surface area (TPSA) is 59.8 Å². The van der Waals surface area contributed by atoms with E-state index in [1.54, 1.807) is 24.7 Å². The van der Waals surface area contributed by atoms with Crippen molar-refractivity contribution in [3.05, 3.63) is 71.5 Å². The van der Waals surface area contributed by atoms with Crippen LogP contribution in [-0.4, -0.2) is 20.4 Å². The van der Waals surface area contributed by atoms with Crippen LogP contribution in [0.4, 0.5) is 5.69 Å². The molecule has 0 aliphatic heterocycles. The normalized spacial score (nSPS) is 10.3. The van der Waals surface area contributed by atoms with Gasteiger partial charge in [0.25, 0.3) is 5.91 Å². The van der Waals surface area contributed by atoms with Crippen LogP contribution in [0.2, 0.25) is 0 Å². The molecule has 3 rings (SSSR count). The lowest BCUT2D eigenvalue weighted by atomic mass is 10.2. The number of hydrogen-bond acceptors (Lipinski definition) is 3.